The molecule has 25 heavy (non-hydrogen) atoms. The molecule has 1 fully saturated rings. The topological polar surface area (TPSA) is 74.6 Å². The van der Waals surface area contributed by atoms with Crippen LogP contribution in [0.15, 0.2) is 17.1 Å². The van der Waals surface area contributed by atoms with Gasteiger partial charge < -0.3 is 19.9 Å². The summed E-state index contributed by atoms with van der Waals surface area (Å²) in [6.07, 6.45) is 1.99. The minimum absolute atomic E-state index is 0.0166. The van der Waals surface area contributed by atoms with Gasteiger partial charge in [-0.1, -0.05) is 0 Å². The molecule has 1 aromatic heterocycles. The second kappa shape index (κ2) is 5.56. The molecule has 132 valence electrons. The smallest absolute Gasteiger partial charge is 0.341 e. The molecule has 0 spiro atoms. The fourth-order valence-corrected chi connectivity index (χ4v) is 4.12. The van der Waals surface area contributed by atoms with Gasteiger partial charge >= 0.3 is 5.97 Å². The van der Waals surface area contributed by atoms with Crippen molar-refractivity contribution in [3.8, 4) is 0 Å². The summed E-state index contributed by atoms with van der Waals surface area (Å²) in [6.45, 7) is 6.19. The van der Waals surface area contributed by atoms with Crippen molar-refractivity contribution < 1.29 is 14.3 Å². The quantitative estimate of drug-likeness (QED) is 0.867. The lowest BCUT2D eigenvalue weighted by Gasteiger charge is -2.35. The van der Waals surface area contributed by atoms with E-state index < -0.39 is 17.2 Å². The molecule has 2 aliphatic rings. The molecule has 0 aliphatic carbocycles. The Kier molecular flexibility index (Phi) is 3.57. The largest absolute Gasteiger partial charge is 0.477 e. The third-order valence-corrected chi connectivity index (χ3v) is 5.23. The van der Waals surface area contributed by atoms with Gasteiger partial charge in [-0.05, 0) is 26.3 Å². The fraction of sp³-hybridized carbons (Fsp3) is 0.444. The average molecular weight is 345 g/mol. The minimum atomic E-state index is -1.28. The molecule has 0 saturated carbocycles. The van der Waals surface area contributed by atoms with Gasteiger partial charge in [0.1, 0.15) is 11.4 Å². The predicted octanol–water partition coefficient (Wildman–Crippen LogP) is 1.75. The standard InChI is InChI=1S/C18H20FN3O3/c1-9-7-21(4-3-20-9)16-11-5-10(2)22-8-13(18(24)25)17(23)12(15(11)22)6-14(16)19/h6,8-10,20H,3-5,7H2,1-2H3,(H,24,25)/t9?,10-/m1/s1. The number of carbonyl (C=O) groups is 1. The number of anilines is 1. The summed E-state index contributed by atoms with van der Waals surface area (Å²) in [4.78, 5) is 25.9. The lowest BCUT2D eigenvalue weighted by molar-refractivity contribution is 0.0694. The van der Waals surface area contributed by atoms with Crippen LogP contribution in [0.5, 0.6) is 0 Å². The first-order valence-corrected chi connectivity index (χ1v) is 8.50. The Bertz CT molecular complexity index is 953. The third kappa shape index (κ3) is 2.33. The number of aromatic nitrogens is 1. The van der Waals surface area contributed by atoms with Gasteiger partial charge in [0.2, 0.25) is 5.43 Å². The highest BCUT2D eigenvalue weighted by molar-refractivity contribution is 5.96. The zero-order chi connectivity index (χ0) is 17.9. The summed E-state index contributed by atoms with van der Waals surface area (Å²) < 4.78 is 16.8. The molecule has 0 radical (unpaired) electrons. The number of aromatic carboxylic acids is 1. The van der Waals surface area contributed by atoms with E-state index in [0.717, 1.165) is 12.1 Å². The highest BCUT2D eigenvalue weighted by Crippen LogP contribution is 2.39. The number of nitrogens with one attached hydrogen (secondary N) is 1. The fourth-order valence-electron chi connectivity index (χ4n) is 4.12. The number of benzene rings is 1. The van der Waals surface area contributed by atoms with Crippen molar-refractivity contribution in [1.82, 2.24) is 9.88 Å². The Labute approximate surface area is 143 Å². The molecule has 1 unspecified atom stereocenters. The van der Waals surface area contributed by atoms with E-state index in [1.54, 1.807) is 0 Å². The molecule has 2 aliphatic heterocycles. The Morgan fingerprint density at radius 2 is 2.16 bits per heavy atom. The second-order valence-corrected chi connectivity index (χ2v) is 7.02. The first kappa shape index (κ1) is 16.1. The molecule has 0 amide bonds. The van der Waals surface area contributed by atoms with E-state index in [4.69, 9.17) is 0 Å². The number of carboxylic acid groups (broad SMARTS) is 1. The Hall–Kier alpha value is -2.41. The number of halogens is 1. The first-order valence-electron chi connectivity index (χ1n) is 8.50. The summed E-state index contributed by atoms with van der Waals surface area (Å²) >= 11 is 0. The molecular weight excluding hydrogens is 325 g/mol. The minimum Gasteiger partial charge on any atom is -0.477 e. The molecular formula is C18H20FN3O3. The van der Waals surface area contributed by atoms with Crippen molar-refractivity contribution in [2.24, 2.45) is 0 Å². The van der Waals surface area contributed by atoms with Gasteiger partial charge in [-0.2, -0.15) is 0 Å². The molecule has 2 atom stereocenters. The monoisotopic (exact) mass is 345 g/mol. The van der Waals surface area contributed by atoms with E-state index in [1.165, 1.54) is 12.3 Å². The second-order valence-electron chi connectivity index (χ2n) is 7.02. The van der Waals surface area contributed by atoms with Gasteiger partial charge in [0.15, 0.2) is 0 Å². The van der Waals surface area contributed by atoms with Gasteiger partial charge in [0, 0.05) is 48.9 Å². The van der Waals surface area contributed by atoms with Crippen molar-refractivity contribution in [3.05, 3.63) is 39.4 Å². The Balaban J connectivity index is 2.00. The van der Waals surface area contributed by atoms with Gasteiger partial charge in [0.05, 0.1) is 11.2 Å². The van der Waals surface area contributed by atoms with E-state index >= 15 is 0 Å². The number of piperazine rings is 1. The molecule has 3 heterocycles. The molecule has 0 bridgehead atoms. The van der Waals surface area contributed by atoms with Crippen molar-refractivity contribution in [2.45, 2.75) is 32.4 Å². The van der Waals surface area contributed by atoms with E-state index in [1.807, 2.05) is 16.4 Å². The summed E-state index contributed by atoms with van der Waals surface area (Å²) in [5, 5.41) is 12.8. The van der Waals surface area contributed by atoms with Gasteiger partial charge in [-0.25, -0.2) is 9.18 Å². The number of carboxylic acids is 1. The van der Waals surface area contributed by atoms with Crippen LogP contribution in [0.1, 0.15) is 35.8 Å². The molecule has 1 saturated heterocycles. The first-order chi connectivity index (χ1) is 11.9. The van der Waals surface area contributed by atoms with Gasteiger partial charge in [-0.3, -0.25) is 4.79 Å². The molecule has 2 aromatic rings. The number of nitrogens with zero attached hydrogens (tertiary/aromatic N) is 2. The van der Waals surface area contributed by atoms with E-state index in [-0.39, 0.29) is 23.0 Å². The number of rotatable bonds is 2. The van der Waals surface area contributed by atoms with Gasteiger partial charge in [-0.15, -0.1) is 0 Å². The van der Waals surface area contributed by atoms with Crippen LogP contribution < -0.4 is 15.6 Å². The Morgan fingerprint density at radius 3 is 2.84 bits per heavy atom. The van der Waals surface area contributed by atoms with Crippen LogP contribution in [-0.2, 0) is 6.42 Å². The summed E-state index contributed by atoms with van der Waals surface area (Å²) in [5.41, 5.74) is 1.11. The van der Waals surface area contributed by atoms with E-state index in [9.17, 15) is 19.1 Å². The van der Waals surface area contributed by atoms with Crippen LogP contribution in [0.25, 0.3) is 10.9 Å². The van der Waals surface area contributed by atoms with Crippen molar-refractivity contribution in [2.75, 3.05) is 24.5 Å². The van der Waals surface area contributed by atoms with E-state index in [2.05, 4.69) is 12.2 Å². The lowest BCUT2D eigenvalue weighted by Crippen LogP contribution is -2.49. The maximum absolute atomic E-state index is 15.0. The molecule has 2 N–H and O–H groups in total. The molecule has 7 heteroatoms. The summed E-state index contributed by atoms with van der Waals surface area (Å²) in [7, 11) is 0. The Morgan fingerprint density at radius 1 is 1.40 bits per heavy atom. The summed E-state index contributed by atoms with van der Waals surface area (Å²) in [6, 6.07) is 1.45. The maximum Gasteiger partial charge on any atom is 0.341 e. The maximum atomic E-state index is 15.0. The van der Waals surface area contributed by atoms with Crippen molar-refractivity contribution in [1.29, 1.82) is 0 Å². The van der Waals surface area contributed by atoms with Gasteiger partial charge in [0.25, 0.3) is 0 Å². The van der Waals surface area contributed by atoms with Crippen LogP contribution >= 0.6 is 0 Å². The van der Waals surface area contributed by atoms with Crippen LogP contribution in [0, 0.1) is 5.82 Å². The SMILES string of the molecule is CC1CN(c2c(F)cc3c(=O)c(C(=O)O)cn4c3c2C[C@H]4C)CCN1. The highest BCUT2D eigenvalue weighted by atomic mass is 19.1. The normalized spacial score (nSPS) is 22.6. The molecule has 6 nitrogen and oxygen atoms in total. The van der Waals surface area contributed by atoms with E-state index in [0.29, 0.717) is 30.7 Å². The van der Waals surface area contributed by atoms with Crippen LogP contribution in [0.4, 0.5) is 10.1 Å². The predicted molar refractivity (Wildman–Crippen MR) is 93.2 cm³/mol. The highest BCUT2D eigenvalue weighted by Gasteiger charge is 2.31. The number of pyridine rings is 1. The van der Waals surface area contributed by atoms with Crippen LogP contribution in [0.2, 0.25) is 0 Å². The third-order valence-electron chi connectivity index (χ3n) is 5.23. The molecule has 4 rings (SSSR count). The van der Waals surface area contributed by atoms with Crippen molar-refractivity contribution >= 4 is 22.6 Å². The number of hydrogen-bond donors (Lipinski definition) is 2. The number of hydrogen-bond acceptors (Lipinski definition) is 4. The van der Waals surface area contributed by atoms with Crippen LogP contribution in [0.3, 0.4) is 0 Å². The van der Waals surface area contributed by atoms with Crippen LogP contribution in [-0.4, -0.2) is 41.3 Å². The lowest BCUT2D eigenvalue weighted by atomic mass is 10.0. The summed E-state index contributed by atoms with van der Waals surface area (Å²) in [5.74, 6) is -1.73. The average Bonchev–Trinajstić information content (AvgIpc) is 2.87. The zero-order valence-corrected chi connectivity index (χ0v) is 14.2. The zero-order valence-electron chi connectivity index (χ0n) is 14.2. The van der Waals surface area contributed by atoms with Crippen molar-refractivity contribution in [3.63, 3.8) is 0 Å². The molecule has 1 aromatic carbocycles.